The number of methoxy groups -OCH3 is 1. The van der Waals surface area contributed by atoms with Gasteiger partial charge in [0.25, 0.3) is 0 Å². The number of nitrogens with zero attached hydrogens (tertiary/aromatic N) is 2. The number of nitrogens with one attached hydrogen (secondary N) is 1. The van der Waals surface area contributed by atoms with Crippen molar-refractivity contribution in [2.75, 3.05) is 13.7 Å². The van der Waals surface area contributed by atoms with Gasteiger partial charge in [0.05, 0.1) is 48.4 Å². The van der Waals surface area contributed by atoms with E-state index in [0.29, 0.717) is 42.7 Å². The van der Waals surface area contributed by atoms with E-state index in [-0.39, 0.29) is 55.3 Å². The number of aromatic nitrogens is 1. The first-order valence-electron chi connectivity index (χ1n) is 19.2. The summed E-state index contributed by atoms with van der Waals surface area (Å²) in [5.74, 6) is -2.06. The molecule has 1 aromatic carbocycles. The van der Waals surface area contributed by atoms with Crippen molar-refractivity contribution in [2.45, 2.75) is 122 Å². The maximum Gasteiger partial charge on any atom is 0.307 e. The van der Waals surface area contributed by atoms with Crippen LogP contribution < -0.4 is 14.2 Å². The van der Waals surface area contributed by atoms with E-state index < -0.39 is 55.7 Å². The summed E-state index contributed by atoms with van der Waals surface area (Å²) in [7, 11) is -2.38. The molecule has 3 fully saturated rings. The van der Waals surface area contributed by atoms with E-state index in [1.165, 1.54) is 4.90 Å². The molecule has 12 nitrogen and oxygen atoms in total. The second-order valence-electron chi connectivity index (χ2n) is 17.4. The van der Waals surface area contributed by atoms with Gasteiger partial charge in [-0.1, -0.05) is 44.2 Å². The van der Waals surface area contributed by atoms with Crippen LogP contribution in [0.2, 0.25) is 0 Å². The van der Waals surface area contributed by atoms with E-state index in [1.54, 1.807) is 41.0 Å². The van der Waals surface area contributed by atoms with Gasteiger partial charge in [0.2, 0.25) is 27.7 Å². The van der Waals surface area contributed by atoms with E-state index in [0.717, 1.165) is 18.2 Å². The highest BCUT2D eigenvalue weighted by Crippen LogP contribution is 2.57. The van der Waals surface area contributed by atoms with Crippen LogP contribution in [0.15, 0.2) is 42.6 Å². The van der Waals surface area contributed by atoms with Crippen LogP contribution in [-0.4, -0.2) is 78.0 Å². The first kappa shape index (κ1) is 39.7. The number of benzene rings is 1. The number of hydrogen-bond donors (Lipinski definition) is 1. The van der Waals surface area contributed by atoms with Gasteiger partial charge in [-0.05, 0) is 90.0 Å². The van der Waals surface area contributed by atoms with Crippen molar-refractivity contribution in [1.82, 2.24) is 14.6 Å². The lowest BCUT2D eigenvalue weighted by atomic mass is 9.82. The fourth-order valence-electron chi connectivity index (χ4n) is 8.20. The second kappa shape index (κ2) is 14.9. The monoisotopic (exact) mass is 765 g/mol. The summed E-state index contributed by atoms with van der Waals surface area (Å²) in [6.45, 7) is 11.1. The Bertz CT molecular complexity index is 1930. The zero-order valence-electron chi connectivity index (χ0n) is 32.6. The number of allylic oxidation sites excluding steroid dienone is 2. The van der Waals surface area contributed by atoms with Crippen LogP contribution in [0.5, 0.6) is 11.6 Å². The Morgan fingerprint density at radius 1 is 1.07 bits per heavy atom. The quantitative estimate of drug-likeness (QED) is 0.253. The molecule has 294 valence electrons. The van der Waals surface area contributed by atoms with Crippen molar-refractivity contribution in [3.8, 4) is 11.6 Å². The standard InChI is InChI=1S/C41H55N3O9S/c1-25-12-8-9-13-27-21-41(27,38(48)43-54(49,50)40(6)16-17-40)22-33(45)32-19-28(52-36-30-15-11-10-14-29(30)34(51-7)23-42-36)24-44(32)37(47)31(26(2)18-25)20-35(46)53-39(3,4)5/h9-11,13-15,23,25-28,31-32H,8,12,16-22,24H2,1-7H3,(H,43,48)/b13-9-/t25-,26-,27-,28-,31+,32+,41-/m1/s1. The molecule has 1 saturated heterocycles. The zero-order chi connectivity index (χ0) is 39.2. The van der Waals surface area contributed by atoms with Gasteiger partial charge in [0.15, 0.2) is 5.78 Å². The van der Waals surface area contributed by atoms with Crippen LogP contribution >= 0.6 is 0 Å². The number of carbonyl (C=O) groups is 4. The molecule has 0 spiro atoms. The number of rotatable bonds is 8. The van der Waals surface area contributed by atoms with Gasteiger partial charge >= 0.3 is 5.97 Å². The van der Waals surface area contributed by atoms with Gasteiger partial charge in [-0.25, -0.2) is 13.4 Å². The summed E-state index contributed by atoms with van der Waals surface area (Å²) in [5, 5.41) is 1.50. The minimum absolute atomic E-state index is 0.0552. The first-order valence-corrected chi connectivity index (χ1v) is 20.7. The maximum absolute atomic E-state index is 14.8. The Morgan fingerprint density at radius 3 is 2.44 bits per heavy atom. The van der Waals surface area contributed by atoms with Crippen LogP contribution in [0.25, 0.3) is 10.8 Å². The van der Waals surface area contributed by atoms with Crippen molar-refractivity contribution in [1.29, 1.82) is 0 Å². The molecule has 1 N–H and O–H groups in total. The van der Waals surface area contributed by atoms with Gasteiger partial charge in [-0.3, -0.25) is 23.9 Å². The Balaban J connectivity index is 1.35. The van der Waals surface area contributed by atoms with Crippen LogP contribution in [0, 0.1) is 29.1 Å². The summed E-state index contributed by atoms with van der Waals surface area (Å²) in [6.07, 6.45) is 8.09. The number of esters is 1. The minimum Gasteiger partial charge on any atom is -0.494 e. The SMILES string of the molecule is COc1cnc(O[C@@H]2C[C@H]3C(=O)C[C@]4(C(=O)NS(=O)(=O)C5(C)CC5)C[C@H]4/C=C\CC[C@@H](C)C[C@@H](C)[C@H](CC(=O)OC(C)(C)C)C(=O)N3C2)c2ccccc12. The second-order valence-corrected chi connectivity index (χ2v) is 19.6. The Kier molecular flexibility index (Phi) is 11.0. The molecule has 3 heterocycles. The lowest BCUT2D eigenvalue weighted by Gasteiger charge is -2.32. The number of ketones is 1. The predicted molar refractivity (Wildman–Crippen MR) is 203 cm³/mol. The fourth-order valence-corrected chi connectivity index (χ4v) is 9.54. The molecule has 4 aliphatic rings. The van der Waals surface area contributed by atoms with E-state index >= 15 is 0 Å². The number of sulfonamides is 1. The summed E-state index contributed by atoms with van der Waals surface area (Å²) in [4.78, 5) is 62.8. The van der Waals surface area contributed by atoms with E-state index in [4.69, 9.17) is 14.2 Å². The molecule has 7 atom stereocenters. The third-order valence-corrected chi connectivity index (χ3v) is 14.0. The van der Waals surface area contributed by atoms with Crippen molar-refractivity contribution in [3.63, 3.8) is 0 Å². The molecule has 0 unspecified atom stereocenters. The maximum atomic E-state index is 14.8. The molecule has 1 aromatic heterocycles. The molecular weight excluding hydrogens is 711 g/mol. The fraction of sp³-hybridized carbons (Fsp3) is 0.634. The molecule has 2 amide bonds. The average molecular weight is 766 g/mol. The summed E-state index contributed by atoms with van der Waals surface area (Å²) >= 11 is 0. The van der Waals surface area contributed by atoms with Crippen molar-refractivity contribution < 1.29 is 41.8 Å². The number of pyridine rings is 1. The van der Waals surface area contributed by atoms with E-state index in [2.05, 4.69) is 16.6 Å². The molecule has 2 aromatic rings. The normalized spacial score (nSPS) is 30.6. The highest BCUT2D eigenvalue weighted by atomic mass is 32.2. The first-order chi connectivity index (χ1) is 25.4. The van der Waals surface area contributed by atoms with Gasteiger partial charge < -0.3 is 19.1 Å². The van der Waals surface area contributed by atoms with Crippen molar-refractivity contribution in [2.24, 2.45) is 29.1 Å². The Morgan fingerprint density at radius 2 is 1.78 bits per heavy atom. The predicted octanol–water partition coefficient (Wildman–Crippen LogP) is 5.92. The molecule has 0 bridgehead atoms. The highest BCUT2D eigenvalue weighted by Gasteiger charge is 2.62. The number of carbonyl (C=O) groups excluding carboxylic acids is 4. The smallest absolute Gasteiger partial charge is 0.307 e. The highest BCUT2D eigenvalue weighted by molar-refractivity contribution is 7.91. The van der Waals surface area contributed by atoms with E-state index in [1.807, 2.05) is 43.3 Å². The average Bonchev–Trinajstić information content (AvgIpc) is 3.98. The molecular formula is C41H55N3O9S. The zero-order valence-corrected chi connectivity index (χ0v) is 33.4. The molecule has 6 rings (SSSR count). The van der Waals surface area contributed by atoms with Crippen LogP contribution in [0.1, 0.15) is 99.3 Å². The molecule has 0 radical (unpaired) electrons. The summed E-state index contributed by atoms with van der Waals surface area (Å²) < 4.78 is 45.5. The number of Topliss-reactive ketones (excluding diaryl/α,β-unsaturated/α-hetero) is 1. The largest absolute Gasteiger partial charge is 0.494 e. The van der Waals surface area contributed by atoms with Gasteiger partial charge in [0, 0.05) is 23.6 Å². The Labute approximate surface area is 318 Å². The van der Waals surface area contributed by atoms with Crippen molar-refractivity contribution in [3.05, 3.63) is 42.6 Å². The molecule has 2 aliphatic carbocycles. The van der Waals surface area contributed by atoms with Crippen LogP contribution in [-0.2, 0) is 33.9 Å². The van der Waals surface area contributed by atoms with Crippen molar-refractivity contribution >= 4 is 44.4 Å². The van der Waals surface area contributed by atoms with Crippen LogP contribution in [0.3, 0.4) is 0 Å². The third-order valence-electron chi connectivity index (χ3n) is 11.8. The number of hydrogen-bond acceptors (Lipinski definition) is 10. The summed E-state index contributed by atoms with van der Waals surface area (Å²) in [5.41, 5.74) is -2.01. The van der Waals surface area contributed by atoms with E-state index in [9.17, 15) is 27.6 Å². The van der Waals surface area contributed by atoms with Gasteiger partial charge in [-0.2, -0.15) is 0 Å². The number of amides is 2. The molecule has 2 aliphatic heterocycles. The minimum atomic E-state index is -3.95. The lowest BCUT2D eigenvalue weighted by molar-refractivity contribution is -0.160. The Hall–Kier alpha value is -4.00. The number of ether oxygens (including phenoxy) is 3. The topological polar surface area (TPSA) is 158 Å². The third kappa shape index (κ3) is 8.30. The van der Waals surface area contributed by atoms with Gasteiger partial charge in [-0.15, -0.1) is 0 Å². The molecule has 54 heavy (non-hydrogen) atoms. The molecule has 13 heteroatoms. The lowest BCUT2D eigenvalue weighted by Crippen LogP contribution is -2.48. The number of fused-ring (bicyclic) bond motifs is 3. The molecule has 2 saturated carbocycles. The van der Waals surface area contributed by atoms with Gasteiger partial charge in [0.1, 0.15) is 17.5 Å². The van der Waals surface area contributed by atoms with Crippen LogP contribution in [0.4, 0.5) is 0 Å². The summed E-state index contributed by atoms with van der Waals surface area (Å²) in [6, 6.07) is 6.53.